The molecule has 0 saturated carbocycles. The van der Waals surface area contributed by atoms with Crippen molar-refractivity contribution in [3.63, 3.8) is 0 Å². The van der Waals surface area contributed by atoms with Crippen molar-refractivity contribution in [1.82, 2.24) is 5.32 Å². The van der Waals surface area contributed by atoms with E-state index in [9.17, 15) is 4.79 Å². The Morgan fingerprint density at radius 2 is 1.87 bits per heavy atom. The van der Waals surface area contributed by atoms with Gasteiger partial charge in [0.05, 0.1) is 6.04 Å². The van der Waals surface area contributed by atoms with E-state index in [0.29, 0.717) is 12.8 Å². The van der Waals surface area contributed by atoms with E-state index in [2.05, 4.69) is 23.5 Å². The van der Waals surface area contributed by atoms with E-state index in [1.807, 2.05) is 30.3 Å². The molecule has 0 fully saturated rings. The van der Waals surface area contributed by atoms with Gasteiger partial charge in [0.1, 0.15) is 0 Å². The number of nitrogens with two attached hydrogens (primary N) is 1. The van der Waals surface area contributed by atoms with Crippen LogP contribution in [0.2, 0.25) is 0 Å². The van der Waals surface area contributed by atoms with Crippen LogP contribution >= 0.6 is 12.4 Å². The Morgan fingerprint density at radius 1 is 1.13 bits per heavy atom. The zero-order chi connectivity index (χ0) is 15.4. The van der Waals surface area contributed by atoms with E-state index in [1.54, 1.807) is 0 Å². The number of aryl methyl sites for hydroxylation is 2. The second-order valence-electron chi connectivity index (χ2n) is 5.91. The fourth-order valence-electron chi connectivity index (χ4n) is 3.18. The lowest BCUT2D eigenvalue weighted by atomic mass is 9.87. The number of para-hydroxylation sites is 1. The van der Waals surface area contributed by atoms with Crippen molar-refractivity contribution in [3.05, 3.63) is 65.2 Å². The van der Waals surface area contributed by atoms with Gasteiger partial charge in [-0.25, -0.2) is 0 Å². The van der Waals surface area contributed by atoms with Crippen molar-refractivity contribution in [3.8, 4) is 0 Å². The summed E-state index contributed by atoms with van der Waals surface area (Å²) in [5, 5.41) is 3.19. The molecule has 4 heteroatoms. The minimum atomic E-state index is 0. The molecule has 0 heterocycles. The molecule has 0 aromatic heterocycles. The summed E-state index contributed by atoms with van der Waals surface area (Å²) >= 11 is 0. The molecule has 0 radical (unpaired) electrons. The van der Waals surface area contributed by atoms with Crippen LogP contribution in [0.5, 0.6) is 0 Å². The number of amides is 1. The highest BCUT2D eigenvalue weighted by Crippen LogP contribution is 2.29. The molecule has 0 aliphatic heterocycles. The summed E-state index contributed by atoms with van der Waals surface area (Å²) in [6.07, 6.45) is 4.44. The fraction of sp³-hybridized carbons (Fsp3) is 0.316. The zero-order valence-corrected chi connectivity index (χ0v) is 13.9. The zero-order valence-electron chi connectivity index (χ0n) is 13.1. The predicted octanol–water partition coefficient (Wildman–Crippen LogP) is 3.82. The molecule has 1 unspecified atom stereocenters. The van der Waals surface area contributed by atoms with Gasteiger partial charge in [-0.2, -0.15) is 0 Å². The molecule has 1 atom stereocenters. The summed E-state index contributed by atoms with van der Waals surface area (Å²) in [4.78, 5) is 12.3. The largest absolute Gasteiger partial charge is 0.399 e. The average Bonchev–Trinajstić information content (AvgIpc) is 2.54. The number of carbonyl (C=O) groups is 1. The highest BCUT2D eigenvalue weighted by atomic mass is 35.5. The van der Waals surface area contributed by atoms with Crippen molar-refractivity contribution in [2.75, 3.05) is 5.73 Å². The van der Waals surface area contributed by atoms with E-state index in [-0.39, 0.29) is 24.4 Å². The van der Waals surface area contributed by atoms with Crippen LogP contribution in [0, 0.1) is 0 Å². The average molecular weight is 331 g/mol. The summed E-state index contributed by atoms with van der Waals surface area (Å²) in [6.45, 7) is 0. The molecular formula is C19H23ClN2O. The van der Waals surface area contributed by atoms with Crippen LogP contribution in [0.1, 0.15) is 42.0 Å². The van der Waals surface area contributed by atoms with E-state index < -0.39 is 0 Å². The molecule has 3 N–H and O–H groups in total. The third kappa shape index (κ3) is 4.26. The van der Waals surface area contributed by atoms with Gasteiger partial charge in [0.15, 0.2) is 0 Å². The molecule has 2 aromatic rings. The Bertz CT molecular complexity index is 672. The Labute approximate surface area is 143 Å². The maximum absolute atomic E-state index is 12.3. The number of nitrogens with one attached hydrogen (secondary N) is 1. The van der Waals surface area contributed by atoms with Gasteiger partial charge in [0.25, 0.3) is 0 Å². The second-order valence-corrected chi connectivity index (χ2v) is 5.91. The lowest BCUT2D eigenvalue weighted by Gasteiger charge is -2.26. The molecule has 3 rings (SSSR count). The molecule has 122 valence electrons. The van der Waals surface area contributed by atoms with Crippen LogP contribution in [-0.2, 0) is 17.6 Å². The van der Waals surface area contributed by atoms with E-state index >= 15 is 0 Å². The van der Waals surface area contributed by atoms with Crippen LogP contribution in [0.25, 0.3) is 0 Å². The highest BCUT2D eigenvalue weighted by molar-refractivity contribution is 5.85. The Balaban J connectivity index is 0.00000192. The Hall–Kier alpha value is -2.00. The maximum Gasteiger partial charge on any atom is 0.220 e. The van der Waals surface area contributed by atoms with Crippen LogP contribution in [0.4, 0.5) is 5.69 Å². The van der Waals surface area contributed by atoms with Crippen molar-refractivity contribution in [2.24, 2.45) is 0 Å². The van der Waals surface area contributed by atoms with E-state index in [0.717, 1.165) is 30.5 Å². The smallest absolute Gasteiger partial charge is 0.220 e. The standard InChI is InChI=1S/C19H22N2O.ClH/c20-17-10-4-2-7-15(17)12-13-19(22)21-18-11-5-8-14-6-1-3-9-16(14)18;/h1-4,6-7,9-10,18H,5,8,11-13,20H2,(H,21,22);1H. The first-order valence-electron chi connectivity index (χ1n) is 7.94. The molecule has 1 amide bonds. The maximum atomic E-state index is 12.3. The van der Waals surface area contributed by atoms with Gasteiger partial charge in [-0.05, 0) is 48.4 Å². The van der Waals surface area contributed by atoms with Gasteiger partial charge in [-0.1, -0.05) is 42.5 Å². The van der Waals surface area contributed by atoms with Gasteiger partial charge in [0, 0.05) is 12.1 Å². The van der Waals surface area contributed by atoms with Crippen molar-refractivity contribution in [1.29, 1.82) is 0 Å². The quantitative estimate of drug-likeness (QED) is 0.837. The predicted molar refractivity (Wildman–Crippen MR) is 96.7 cm³/mol. The molecule has 1 aliphatic rings. The van der Waals surface area contributed by atoms with E-state index in [4.69, 9.17) is 5.73 Å². The third-order valence-electron chi connectivity index (χ3n) is 4.38. The number of fused-ring (bicyclic) bond motifs is 1. The van der Waals surface area contributed by atoms with Gasteiger partial charge < -0.3 is 11.1 Å². The van der Waals surface area contributed by atoms with Gasteiger partial charge >= 0.3 is 0 Å². The lowest BCUT2D eigenvalue weighted by Crippen LogP contribution is -2.31. The van der Waals surface area contributed by atoms with Gasteiger partial charge in [-0.15, -0.1) is 12.4 Å². The molecule has 0 bridgehead atoms. The molecule has 1 aliphatic carbocycles. The molecule has 23 heavy (non-hydrogen) atoms. The summed E-state index contributed by atoms with van der Waals surface area (Å²) in [7, 11) is 0. The number of halogens is 1. The van der Waals surface area contributed by atoms with Crippen molar-refractivity contribution < 1.29 is 4.79 Å². The van der Waals surface area contributed by atoms with Crippen LogP contribution in [0.3, 0.4) is 0 Å². The molecule has 0 saturated heterocycles. The number of carbonyl (C=O) groups excluding carboxylic acids is 1. The lowest BCUT2D eigenvalue weighted by molar-refractivity contribution is -0.121. The van der Waals surface area contributed by atoms with Gasteiger partial charge in [-0.3, -0.25) is 4.79 Å². The normalized spacial score (nSPS) is 16.1. The first kappa shape index (κ1) is 17.4. The minimum Gasteiger partial charge on any atom is -0.399 e. The number of hydrogen-bond donors (Lipinski definition) is 2. The first-order chi connectivity index (χ1) is 10.7. The van der Waals surface area contributed by atoms with Crippen LogP contribution < -0.4 is 11.1 Å². The molecule has 2 aromatic carbocycles. The van der Waals surface area contributed by atoms with Crippen molar-refractivity contribution >= 4 is 24.0 Å². The van der Waals surface area contributed by atoms with Gasteiger partial charge in [0.2, 0.25) is 5.91 Å². The monoisotopic (exact) mass is 330 g/mol. The Kier molecular flexibility index (Phi) is 6.05. The fourth-order valence-corrected chi connectivity index (χ4v) is 3.18. The van der Waals surface area contributed by atoms with E-state index in [1.165, 1.54) is 11.1 Å². The first-order valence-corrected chi connectivity index (χ1v) is 7.94. The van der Waals surface area contributed by atoms with Crippen LogP contribution in [0.15, 0.2) is 48.5 Å². The summed E-state index contributed by atoms with van der Waals surface area (Å²) < 4.78 is 0. The number of rotatable bonds is 4. The summed E-state index contributed by atoms with van der Waals surface area (Å²) in [6, 6.07) is 16.3. The third-order valence-corrected chi connectivity index (χ3v) is 4.38. The molecule has 0 spiro atoms. The summed E-state index contributed by atoms with van der Waals surface area (Å²) in [5.74, 6) is 0.102. The number of anilines is 1. The summed E-state index contributed by atoms with van der Waals surface area (Å²) in [5.41, 5.74) is 10.4. The number of benzene rings is 2. The highest BCUT2D eigenvalue weighted by Gasteiger charge is 2.21. The minimum absolute atomic E-state index is 0. The van der Waals surface area contributed by atoms with Crippen molar-refractivity contribution in [2.45, 2.75) is 38.1 Å². The van der Waals surface area contributed by atoms with Crippen LogP contribution in [-0.4, -0.2) is 5.91 Å². The molecular weight excluding hydrogens is 308 g/mol. The molecule has 3 nitrogen and oxygen atoms in total. The topological polar surface area (TPSA) is 55.1 Å². The Morgan fingerprint density at radius 3 is 2.70 bits per heavy atom. The second kappa shape index (κ2) is 8.02. The number of nitrogen functional groups attached to an aromatic ring is 1. The number of hydrogen-bond acceptors (Lipinski definition) is 2. The SMILES string of the molecule is Cl.Nc1ccccc1CCC(=O)NC1CCCc2ccccc21.